The Labute approximate surface area is 105 Å². The van der Waals surface area contributed by atoms with Gasteiger partial charge < -0.3 is 19.5 Å². The van der Waals surface area contributed by atoms with Gasteiger partial charge in [0.15, 0.2) is 0 Å². The van der Waals surface area contributed by atoms with Crippen molar-refractivity contribution in [1.82, 2.24) is 4.90 Å². The van der Waals surface area contributed by atoms with Crippen molar-refractivity contribution in [1.29, 1.82) is 0 Å². The van der Waals surface area contributed by atoms with Gasteiger partial charge in [0.05, 0.1) is 18.6 Å². The Morgan fingerprint density at radius 1 is 1.72 bits per heavy atom. The van der Waals surface area contributed by atoms with Gasteiger partial charge in [-0.15, -0.1) is 0 Å². The summed E-state index contributed by atoms with van der Waals surface area (Å²) >= 11 is 0. The molecule has 18 heavy (non-hydrogen) atoms. The van der Waals surface area contributed by atoms with Gasteiger partial charge in [-0.3, -0.25) is 4.79 Å². The third-order valence-corrected chi connectivity index (χ3v) is 4.52. The van der Waals surface area contributed by atoms with Crippen LogP contribution in [0.5, 0.6) is 0 Å². The number of carbonyl (C=O) groups is 2. The van der Waals surface area contributed by atoms with E-state index in [4.69, 9.17) is 4.74 Å². The van der Waals surface area contributed by atoms with Crippen LogP contribution in [-0.4, -0.2) is 41.1 Å². The van der Waals surface area contributed by atoms with E-state index in [0.29, 0.717) is 6.54 Å². The molecular weight excluding hydrogens is 234 g/mol. The zero-order valence-corrected chi connectivity index (χ0v) is 10.5. The molecule has 0 radical (unpaired) electrons. The Morgan fingerprint density at radius 2 is 2.44 bits per heavy atom. The largest absolute Gasteiger partial charge is 0.550 e. The number of amides is 1. The van der Waals surface area contributed by atoms with E-state index in [-0.39, 0.29) is 11.9 Å². The molecule has 3 heterocycles. The first kappa shape index (κ1) is 11.7. The van der Waals surface area contributed by atoms with Crippen molar-refractivity contribution in [2.24, 2.45) is 11.8 Å². The van der Waals surface area contributed by atoms with Crippen molar-refractivity contribution >= 4 is 11.9 Å². The highest BCUT2D eigenvalue weighted by atomic mass is 16.5. The molecule has 0 N–H and O–H groups in total. The summed E-state index contributed by atoms with van der Waals surface area (Å²) in [4.78, 5) is 25.4. The van der Waals surface area contributed by atoms with Crippen LogP contribution < -0.4 is 5.11 Å². The van der Waals surface area contributed by atoms with E-state index in [1.165, 1.54) is 0 Å². The minimum atomic E-state index is -1.18. The number of ether oxygens (including phenoxy) is 1. The molecule has 0 aromatic rings. The van der Waals surface area contributed by atoms with Gasteiger partial charge in [-0.1, -0.05) is 19.1 Å². The quantitative estimate of drug-likeness (QED) is 0.622. The Bertz CT molecular complexity index is 446. The highest BCUT2D eigenvalue weighted by molar-refractivity contribution is 5.90. The first-order chi connectivity index (χ1) is 8.50. The summed E-state index contributed by atoms with van der Waals surface area (Å²) in [5, 5.41) is 11.2. The van der Waals surface area contributed by atoms with Gasteiger partial charge in [-0.25, -0.2) is 0 Å². The number of nitrogens with zero attached hydrogens (tertiary/aromatic N) is 1. The van der Waals surface area contributed by atoms with Gasteiger partial charge >= 0.3 is 0 Å². The number of hydrogen-bond acceptors (Lipinski definition) is 4. The molecule has 5 nitrogen and oxygen atoms in total. The summed E-state index contributed by atoms with van der Waals surface area (Å²) in [6, 6.07) is 0.107. The third-order valence-electron chi connectivity index (χ3n) is 4.52. The van der Waals surface area contributed by atoms with Crippen LogP contribution in [0.15, 0.2) is 12.2 Å². The topological polar surface area (TPSA) is 69.7 Å². The molecule has 0 aromatic carbocycles. The molecule has 0 aromatic heterocycles. The van der Waals surface area contributed by atoms with Crippen LogP contribution in [0.1, 0.15) is 20.3 Å². The lowest BCUT2D eigenvalue weighted by Gasteiger charge is -2.26. The van der Waals surface area contributed by atoms with Crippen molar-refractivity contribution in [2.45, 2.75) is 38.0 Å². The average Bonchev–Trinajstić information content (AvgIpc) is 2.96. The summed E-state index contributed by atoms with van der Waals surface area (Å²) < 4.78 is 5.76. The zero-order chi connectivity index (χ0) is 13.1. The number of aliphatic carboxylic acids is 1. The monoisotopic (exact) mass is 250 g/mol. The van der Waals surface area contributed by atoms with E-state index in [0.717, 1.165) is 6.42 Å². The minimum absolute atomic E-state index is 0.106. The van der Waals surface area contributed by atoms with Gasteiger partial charge in [0.2, 0.25) is 5.91 Å². The Morgan fingerprint density at radius 3 is 3.06 bits per heavy atom. The van der Waals surface area contributed by atoms with Crippen LogP contribution in [0, 0.1) is 11.8 Å². The lowest BCUT2D eigenvalue weighted by molar-refractivity contribution is -0.313. The van der Waals surface area contributed by atoms with E-state index in [1.807, 2.05) is 19.9 Å². The van der Waals surface area contributed by atoms with Crippen LogP contribution in [0.25, 0.3) is 0 Å². The summed E-state index contributed by atoms with van der Waals surface area (Å²) in [5.74, 6) is -2.73. The van der Waals surface area contributed by atoms with E-state index >= 15 is 0 Å². The van der Waals surface area contributed by atoms with Crippen molar-refractivity contribution in [3.63, 3.8) is 0 Å². The number of likely N-dealkylation sites (tertiary alicyclic amines) is 1. The molecule has 2 bridgehead atoms. The fourth-order valence-corrected chi connectivity index (χ4v) is 3.39. The molecule has 3 aliphatic heterocycles. The van der Waals surface area contributed by atoms with Gasteiger partial charge in [-0.05, 0) is 13.3 Å². The van der Waals surface area contributed by atoms with Crippen molar-refractivity contribution < 1.29 is 19.4 Å². The van der Waals surface area contributed by atoms with Gasteiger partial charge in [-0.2, -0.15) is 0 Å². The van der Waals surface area contributed by atoms with Gasteiger partial charge in [0.25, 0.3) is 0 Å². The van der Waals surface area contributed by atoms with E-state index in [1.54, 1.807) is 11.0 Å². The number of carboxylic acids is 1. The maximum Gasteiger partial charge on any atom is 0.230 e. The number of carboxylic acid groups (broad SMARTS) is 1. The Hall–Kier alpha value is -1.36. The van der Waals surface area contributed by atoms with E-state index < -0.39 is 29.5 Å². The maximum atomic E-state index is 12.4. The zero-order valence-electron chi connectivity index (χ0n) is 10.5. The van der Waals surface area contributed by atoms with Crippen LogP contribution in [0.2, 0.25) is 0 Å². The summed E-state index contributed by atoms with van der Waals surface area (Å²) in [6.45, 7) is 4.44. The van der Waals surface area contributed by atoms with Gasteiger partial charge in [0, 0.05) is 17.9 Å². The predicted molar refractivity (Wildman–Crippen MR) is 60.2 cm³/mol. The second-order valence-corrected chi connectivity index (χ2v) is 5.44. The molecule has 3 rings (SSSR count). The molecule has 5 atom stereocenters. The van der Waals surface area contributed by atoms with E-state index in [9.17, 15) is 14.7 Å². The molecule has 1 spiro atoms. The van der Waals surface area contributed by atoms with Crippen LogP contribution in [0.3, 0.4) is 0 Å². The maximum absolute atomic E-state index is 12.4. The molecule has 0 aliphatic carbocycles. The molecule has 2 fully saturated rings. The highest BCUT2D eigenvalue weighted by Crippen LogP contribution is 2.52. The lowest BCUT2D eigenvalue weighted by Crippen LogP contribution is -2.45. The third kappa shape index (κ3) is 1.25. The molecule has 1 amide bonds. The predicted octanol–water partition coefficient (Wildman–Crippen LogP) is -0.683. The fourth-order valence-electron chi connectivity index (χ4n) is 3.39. The molecule has 0 saturated carbocycles. The van der Waals surface area contributed by atoms with Gasteiger partial charge in [0.1, 0.15) is 5.60 Å². The number of fused-ring (bicyclic) bond motifs is 1. The second-order valence-electron chi connectivity index (χ2n) is 5.44. The molecular formula is C13H16NO4-. The van der Waals surface area contributed by atoms with Crippen molar-refractivity contribution in [2.75, 3.05) is 6.54 Å². The van der Waals surface area contributed by atoms with Crippen molar-refractivity contribution in [3.8, 4) is 0 Å². The highest BCUT2D eigenvalue weighted by Gasteiger charge is 2.65. The van der Waals surface area contributed by atoms with Crippen LogP contribution in [-0.2, 0) is 14.3 Å². The first-order valence-corrected chi connectivity index (χ1v) is 6.38. The Balaban J connectivity index is 1.97. The molecule has 2 saturated heterocycles. The lowest BCUT2D eigenvalue weighted by atomic mass is 9.77. The number of hydrogen-bond donors (Lipinski definition) is 0. The van der Waals surface area contributed by atoms with Crippen molar-refractivity contribution in [3.05, 3.63) is 12.2 Å². The minimum Gasteiger partial charge on any atom is -0.550 e. The Kier molecular flexibility index (Phi) is 2.32. The smallest absolute Gasteiger partial charge is 0.230 e. The average molecular weight is 250 g/mol. The second kappa shape index (κ2) is 3.57. The normalized spacial score (nSPS) is 42.4. The summed E-state index contributed by atoms with van der Waals surface area (Å²) in [6.07, 6.45) is 3.97. The molecule has 0 unspecified atom stereocenters. The molecule has 98 valence electrons. The van der Waals surface area contributed by atoms with Crippen LogP contribution >= 0.6 is 0 Å². The van der Waals surface area contributed by atoms with E-state index in [2.05, 4.69) is 0 Å². The fraction of sp³-hybridized carbons (Fsp3) is 0.692. The first-order valence-electron chi connectivity index (χ1n) is 6.38. The molecule has 3 aliphatic rings. The summed E-state index contributed by atoms with van der Waals surface area (Å²) in [5.41, 5.74) is -0.726. The van der Waals surface area contributed by atoms with Crippen LogP contribution in [0.4, 0.5) is 0 Å². The SMILES string of the molecule is CC[C@H](C)N1C[C@@]23C=C[C@H](O2)[C@H](C(=O)[O-])[C@@H]3C1=O. The number of carbonyl (C=O) groups excluding carboxylic acids is 2. The summed E-state index contributed by atoms with van der Waals surface area (Å²) in [7, 11) is 0. The number of rotatable bonds is 3. The standard InChI is InChI=1S/C13H17NO4/c1-3-7(2)14-6-13-5-4-8(18-13)9(12(16)17)10(13)11(14)15/h4-5,7-10H,3,6H2,1-2H3,(H,16,17)/p-1/t7-,8-,9-,10+,13+/m0/s1. The molecule has 5 heteroatoms.